The van der Waals surface area contributed by atoms with Crippen LogP contribution in [0.5, 0.6) is 0 Å². The summed E-state index contributed by atoms with van der Waals surface area (Å²) in [5.74, 6) is -0.929. The summed E-state index contributed by atoms with van der Waals surface area (Å²) in [4.78, 5) is 38.1. The van der Waals surface area contributed by atoms with Crippen molar-refractivity contribution >= 4 is 17.9 Å². The molecule has 1 atom stereocenters. The summed E-state index contributed by atoms with van der Waals surface area (Å²) in [5.41, 5.74) is 0. The zero-order chi connectivity index (χ0) is 47.2. The van der Waals surface area contributed by atoms with E-state index in [0.717, 1.165) is 135 Å². The zero-order valence-corrected chi connectivity index (χ0v) is 42.5. The topological polar surface area (TPSA) is 78.9 Å². The van der Waals surface area contributed by atoms with Gasteiger partial charge in [0, 0.05) is 19.3 Å². The van der Waals surface area contributed by atoms with Crippen LogP contribution < -0.4 is 0 Å². The maximum Gasteiger partial charge on any atom is 0.306 e. The quantitative estimate of drug-likeness (QED) is 0.0262. The number of allylic oxidation sites excluding steroid dienone is 14. The SMILES string of the molecule is CC/C=C\C/C=C\C/C=C\CCCCCCCC(=O)O[C@@H](COC(=O)CCCCCCC/C=C\C/C=C\CCCCC)COC(=O)CCCCCCCCC/C=C\C/C=C\CCCCC. The summed E-state index contributed by atoms with van der Waals surface area (Å²) < 4.78 is 16.8. The Morgan fingerprint density at radius 3 is 0.938 bits per heavy atom. The molecule has 0 amide bonds. The highest BCUT2D eigenvalue weighted by molar-refractivity contribution is 5.71. The number of esters is 3. The Balaban J connectivity index is 4.45. The van der Waals surface area contributed by atoms with Crippen LogP contribution in [0.1, 0.15) is 252 Å². The van der Waals surface area contributed by atoms with Crippen LogP contribution in [-0.4, -0.2) is 37.2 Å². The van der Waals surface area contributed by atoms with E-state index in [0.29, 0.717) is 19.3 Å². The Morgan fingerprint density at radius 2 is 0.600 bits per heavy atom. The summed E-state index contributed by atoms with van der Waals surface area (Å²) in [6.07, 6.45) is 68.4. The number of unbranched alkanes of at least 4 members (excludes halogenated alkanes) is 23. The molecular formula is C59H100O6. The molecule has 0 bridgehead atoms. The lowest BCUT2D eigenvalue weighted by Crippen LogP contribution is -2.30. The molecule has 0 N–H and O–H groups in total. The van der Waals surface area contributed by atoms with Crippen LogP contribution in [0.25, 0.3) is 0 Å². The van der Waals surface area contributed by atoms with E-state index in [9.17, 15) is 14.4 Å². The molecule has 372 valence electrons. The van der Waals surface area contributed by atoms with Crippen molar-refractivity contribution < 1.29 is 28.6 Å². The summed E-state index contributed by atoms with van der Waals surface area (Å²) in [6.45, 7) is 6.44. The third-order valence-electron chi connectivity index (χ3n) is 11.4. The minimum absolute atomic E-state index is 0.0928. The second-order valence-corrected chi connectivity index (χ2v) is 17.7. The fourth-order valence-corrected chi connectivity index (χ4v) is 7.28. The first-order valence-electron chi connectivity index (χ1n) is 27.1. The average Bonchev–Trinajstić information content (AvgIpc) is 3.30. The van der Waals surface area contributed by atoms with E-state index in [1.165, 1.54) is 77.0 Å². The molecule has 0 saturated heterocycles. The smallest absolute Gasteiger partial charge is 0.306 e. The molecule has 0 aliphatic heterocycles. The van der Waals surface area contributed by atoms with Crippen LogP contribution in [0, 0.1) is 0 Å². The average molecular weight is 905 g/mol. The molecule has 65 heavy (non-hydrogen) atoms. The molecule has 0 unspecified atom stereocenters. The summed E-state index contributed by atoms with van der Waals surface area (Å²) in [7, 11) is 0. The minimum atomic E-state index is -0.795. The standard InChI is InChI=1S/C59H100O6/c1-4-7-10-13-16-19-22-25-28-29-32-34-37-40-43-46-49-52-58(61)64-55-56(65-59(62)53-50-47-44-41-38-35-31-27-24-21-18-15-12-9-6-3)54-63-57(60)51-48-45-42-39-36-33-30-26-23-20-17-14-11-8-5-2/h9,12,16-21,25-28,30-31,56H,4-8,10-11,13-15,22-24,29,32-55H2,1-3H3/b12-9-,19-16-,20-17-,21-18-,28-25-,30-26-,31-27-/t56-/m0/s1. The van der Waals surface area contributed by atoms with Gasteiger partial charge in [-0.2, -0.15) is 0 Å². The van der Waals surface area contributed by atoms with Gasteiger partial charge in [-0.1, -0.05) is 202 Å². The molecule has 0 rings (SSSR count). The Bertz CT molecular complexity index is 1270. The Kier molecular flexibility index (Phi) is 50.4. The van der Waals surface area contributed by atoms with Crippen LogP contribution in [0.15, 0.2) is 85.1 Å². The molecule has 0 aromatic heterocycles. The fourth-order valence-electron chi connectivity index (χ4n) is 7.28. The van der Waals surface area contributed by atoms with Crippen LogP contribution in [0.2, 0.25) is 0 Å². The lowest BCUT2D eigenvalue weighted by molar-refractivity contribution is -0.167. The third-order valence-corrected chi connectivity index (χ3v) is 11.4. The molecule has 6 heteroatoms. The molecule has 0 aromatic rings. The van der Waals surface area contributed by atoms with Gasteiger partial charge in [0.05, 0.1) is 0 Å². The molecule has 0 aliphatic rings. The van der Waals surface area contributed by atoms with Crippen molar-refractivity contribution in [2.45, 2.75) is 258 Å². The van der Waals surface area contributed by atoms with Crippen molar-refractivity contribution in [3.05, 3.63) is 85.1 Å². The third kappa shape index (κ3) is 51.4. The van der Waals surface area contributed by atoms with Crippen LogP contribution in [0.4, 0.5) is 0 Å². The zero-order valence-electron chi connectivity index (χ0n) is 42.5. The first kappa shape index (κ1) is 61.6. The second-order valence-electron chi connectivity index (χ2n) is 17.7. The summed E-state index contributed by atoms with van der Waals surface area (Å²) >= 11 is 0. The van der Waals surface area contributed by atoms with Crippen LogP contribution in [-0.2, 0) is 28.6 Å². The van der Waals surface area contributed by atoms with Gasteiger partial charge in [-0.15, -0.1) is 0 Å². The van der Waals surface area contributed by atoms with Gasteiger partial charge < -0.3 is 14.2 Å². The Hall–Kier alpha value is -3.41. The molecule has 0 aliphatic carbocycles. The van der Waals surface area contributed by atoms with Crippen LogP contribution in [0.3, 0.4) is 0 Å². The van der Waals surface area contributed by atoms with E-state index in [1.807, 2.05) is 0 Å². The van der Waals surface area contributed by atoms with Gasteiger partial charge in [0.1, 0.15) is 13.2 Å². The normalized spacial score (nSPS) is 12.7. The predicted molar refractivity (Wildman–Crippen MR) is 279 cm³/mol. The highest BCUT2D eigenvalue weighted by Crippen LogP contribution is 2.14. The van der Waals surface area contributed by atoms with E-state index < -0.39 is 6.10 Å². The Morgan fingerprint density at radius 1 is 0.323 bits per heavy atom. The van der Waals surface area contributed by atoms with Crippen molar-refractivity contribution in [2.24, 2.45) is 0 Å². The van der Waals surface area contributed by atoms with Gasteiger partial charge in [-0.3, -0.25) is 14.4 Å². The first-order chi connectivity index (χ1) is 32.0. The maximum absolute atomic E-state index is 12.8. The van der Waals surface area contributed by atoms with Gasteiger partial charge in [0.25, 0.3) is 0 Å². The molecule has 0 saturated carbocycles. The van der Waals surface area contributed by atoms with Gasteiger partial charge in [-0.25, -0.2) is 0 Å². The number of hydrogen-bond acceptors (Lipinski definition) is 6. The van der Waals surface area contributed by atoms with E-state index in [-0.39, 0.29) is 31.1 Å². The molecule has 0 radical (unpaired) electrons. The summed E-state index contributed by atoms with van der Waals surface area (Å²) in [6, 6.07) is 0. The van der Waals surface area contributed by atoms with Crippen molar-refractivity contribution in [3.8, 4) is 0 Å². The Labute approximate surface area is 401 Å². The lowest BCUT2D eigenvalue weighted by atomic mass is 10.1. The largest absolute Gasteiger partial charge is 0.462 e. The number of carbonyl (C=O) groups is 3. The monoisotopic (exact) mass is 905 g/mol. The van der Waals surface area contributed by atoms with E-state index in [1.54, 1.807) is 0 Å². The number of ether oxygens (including phenoxy) is 3. The number of hydrogen-bond donors (Lipinski definition) is 0. The minimum Gasteiger partial charge on any atom is -0.462 e. The van der Waals surface area contributed by atoms with E-state index >= 15 is 0 Å². The van der Waals surface area contributed by atoms with E-state index in [2.05, 4.69) is 106 Å². The second kappa shape index (κ2) is 53.2. The van der Waals surface area contributed by atoms with Gasteiger partial charge in [0.15, 0.2) is 6.10 Å². The molecule has 0 aromatic carbocycles. The van der Waals surface area contributed by atoms with Crippen molar-refractivity contribution in [1.82, 2.24) is 0 Å². The molecule has 6 nitrogen and oxygen atoms in total. The molecule has 0 heterocycles. The predicted octanol–water partition coefficient (Wildman–Crippen LogP) is 18.0. The summed E-state index contributed by atoms with van der Waals surface area (Å²) in [5, 5.41) is 0. The van der Waals surface area contributed by atoms with Crippen molar-refractivity contribution in [3.63, 3.8) is 0 Å². The first-order valence-corrected chi connectivity index (χ1v) is 27.1. The van der Waals surface area contributed by atoms with Gasteiger partial charge in [0.2, 0.25) is 0 Å². The molecular weight excluding hydrogens is 805 g/mol. The highest BCUT2D eigenvalue weighted by atomic mass is 16.6. The molecule has 0 spiro atoms. The number of rotatable bonds is 48. The highest BCUT2D eigenvalue weighted by Gasteiger charge is 2.19. The van der Waals surface area contributed by atoms with Gasteiger partial charge >= 0.3 is 17.9 Å². The number of carbonyl (C=O) groups excluding carboxylic acids is 3. The van der Waals surface area contributed by atoms with Crippen molar-refractivity contribution in [1.29, 1.82) is 0 Å². The van der Waals surface area contributed by atoms with Crippen molar-refractivity contribution in [2.75, 3.05) is 13.2 Å². The molecule has 0 fully saturated rings. The fraction of sp³-hybridized carbons (Fsp3) is 0.712. The van der Waals surface area contributed by atoms with Gasteiger partial charge in [-0.05, 0) is 116 Å². The van der Waals surface area contributed by atoms with E-state index in [4.69, 9.17) is 14.2 Å². The maximum atomic E-state index is 12.8. The lowest BCUT2D eigenvalue weighted by Gasteiger charge is -2.18. The van der Waals surface area contributed by atoms with Crippen LogP contribution >= 0.6 is 0 Å².